The largest absolute Gasteiger partial charge is 0.486 e. The number of aliphatic imine (C=N–C) groups is 1. The first kappa shape index (κ1) is 21.4. The Morgan fingerprint density at radius 1 is 1.03 bits per heavy atom. The monoisotopic (exact) mass is 472 g/mol. The molecule has 1 heterocycles. The van der Waals surface area contributed by atoms with E-state index in [4.69, 9.17) is 27.9 Å². The molecule has 31 heavy (non-hydrogen) atoms. The Balaban J connectivity index is 1.51. The van der Waals surface area contributed by atoms with E-state index in [2.05, 4.69) is 10.3 Å². The van der Waals surface area contributed by atoms with E-state index in [0.717, 1.165) is 5.69 Å². The van der Waals surface area contributed by atoms with Crippen molar-refractivity contribution in [2.75, 3.05) is 0 Å². The number of thioether (sulfide) groups is 1. The summed E-state index contributed by atoms with van der Waals surface area (Å²) in [7, 11) is 0. The Morgan fingerprint density at radius 3 is 2.42 bits per heavy atom. The Labute approximate surface area is 192 Å². The zero-order valence-corrected chi connectivity index (χ0v) is 18.3. The van der Waals surface area contributed by atoms with Crippen molar-refractivity contribution in [3.05, 3.63) is 98.6 Å². The Hall–Kier alpha value is -2.80. The van der Waals surface area contributed by atoms with Gasteiger partial charge < -0.3 is 10.1 Å². The van der Waals surface area contributed by atoms with Crippen molar-refractivity contribution < 1.29 is 13.9 Å². The number of ether oxygens (including phenoxy) is 1. The highest BCUT2D eigenvalue weighted by molar-refractivity contribution is 8.18. The number of carbonyl (C=O) groups is 1. The number of amidine groups is 1. The molecule has 3 aromatic rings. The fourth-order valence-electron chi connectivity index (χ4n) is 2.82. The van der Waals surface area contributed by atoms with Crippen LogP contribution in [0.4, 0.5) is 10.1 Å². The average molecular weight is 473 g/mol. The van der Waals surface area contributed by atoms with E-state index in [0.29, 0.717) is 21.2 Å². The molecular weight excluding hydrogens is 458 g/mol. The Bertz CT molecular complexity index is 1180. The molecule has 0 saturated carbocycles. The van der Waals surface area contributed by atoms with Crippen molar-refractivity contribution in [3.8, 4) is 5.75 Å². The molecule has 0 spiro atoms. The number of rotatable bonds is 5. The summed E-state index contributed by atoms with van der Waals surface area (Å²) >= 11 is 13.9. The van der Waals surface area contributed by atoms with Crippen molar-refractivity contribution in [1.29, 1.82) is 0 Å². The van der Waals surface area contributed by atoms with Crippen LogP contribution in [0.1, 0.15) is 11.1 Å². The quantitative estimate of drug-likeness (QED) is 0.425. The third-order valence-corrected chi connectivity index (χ3v) is 5.76. The second-order valence-electron chi connectivity index (χ2n) is 6.51. The lowest BCUT2D eigenvalue weighted by atomic mass is 10.2. The normalized spacial score (nSPS) is 16.0. The Morgan fingerprint density at radius 2 is 1.71 bits per heavy atom. The first-order chi connectivity index (χ1) is 15.0. The minimum absolute atomic E-state index is 0.00980. The molecule has 0 atom stereocenters. The molecule has 1 aliphatic rings. The second-order valence-corrected chi connectivity index (χ2v) is 8.36. The van der Waals surface area contributed by atoms with Crippen LogP contribution >= 0.6 is 35.0 Å². The number of amides is 1. The lowest BCUT2D eigenvalue weighted by Gasteiger charge is -2.11. The molecule has 1 saturated heterocycles. The van der Waals surface area contributed by atoms with E-state index in [-0.39, 0.29) is 34.1 Å². The number of benzene rings is 3. The first-order valence-electron chi connectivity index (χ1n) is 9.19. The fourth-order valence-corrected chi connectivity index (χ4v) is 4.27. The summed E-state index contributed by atoms with van der Waals surface area (Å²) in [5.74, 6) is -0.372. The van der Waals surface area contributed by atoms with Gasteiger partial charge in [0.05, 0.1) is 20.6 Å². The fraction of sp³-hybridized carbons (Fsp3) is 0.0435. The highest BCUT2D eigenvalue weighted by Crippen LogP contribution is 2.37. The van der Waals surface area contributed by atoms with Gasteiger partial charge in [-0.25, -0.2) is 9.38 Å². The van der Waals surface area contributed by atoms with E-state index >= 15 is 0 Å². The molecule has 0 radical (unpaired) electrons. The summed E-state index contributed by atoms with van der Waals surface area (Å²) in [5.41, 5.74) is 1.77. The lowest BCUT2D eigenvalue weighted by Crippen LogP contribution is -2.19. The van der Waals surface area contributed by atoms with Gasteiger partial charge in [0.1, 0.15) is 12.4 Å². The van der Waals surface area contributed by atoms with Gasteiger partial charge in [0.15, 0.2) is 10.9 Å². The topological polar surface area (TPSA) is 50.7 Å². The summed E-state index contributed by atoms with van der Waals surface area (Å²) < 4.78 is 19.4. The molecule has 156 valence electrons. The zero-order chi connectivity index (χ0) is 21.8. The molecule has 1 N–H and O–H groups in total. The van der Waals surface area contributed by atoms with Gasteiger partial charge in [0.2, 0.25) is 0 Å². The number of nitrogens with zero attached hydrogens (tertiary/aromatic N) is 1. The summed E-state index contributed by atoms with van der Waals surface area (Å²) in [5, 5.41) is 3.75. The van der Waals surface area contributed by atoms with E-state index in [9.17, 15) is 9.18 Å². The molecule has 0 aromatic heterocycles. The van der Waals surface area contributed by atoms with Crippen LogP contribution in [0.2, 0.25) is 10.0 Å². The van der Waals surface area contributed by atoms with E-state index in [1.165, 1.54) is 17.8 Å². The van der Waals surface area contributed by atoms with Gasteiger partial charge in [-0.3, -0.25) is 4.79 Å². The van der Waals surface area contributed by atoms with Gasteiger partial charge in [-0.2, -0.15) is 0 Å². The maximum absolute atomic E-state index is 13.8. The van der Waals surface area contributed by atoms with Crippen molar-refractivity contribution in [2.24, 2.45) is 4.99 Å². The van der Waals surface area contributed by atoms with E-state index in [1.807, 2.05) is 30.3 Å². The number of hydrogen-bond acceptors (Lipinski definition) is 4. The zero-order valence-electron chi connectivity index (χ0n) is 15.9. The number of nitrogens with one attached hydrogen (secondary N) is 1. The molecule has 1 amide bonds. The van der Waals surface area contributed by atoms with Gasteiger partial charge >= 0.3 is 0 Å². The SMILES string of the molecule is O=C1NC(=Nc2ccccc2)S/C1=C\c1cc(Cl)c(OCc2ccccc2F)c(Cl)c1. The molecule has 1 fully saturated rings. The molecule has 8 heteroatoms. The summed E-state index contributed by atoms with van der Waals surface area (Å²) in [4.78, 5) is 17.2. The summed E-state index contributed by atoms with van der Waals surface area (Å²) in [6, 6.07) is 18.9. The van der Waals surface area contributed by atoms with E-state index in [1.54, 1.807) is 36.4 Å². The lowest BCUT2D eigenvalue weighted by molar-refractivity contribution is -0.115. The minimum atomic E-state index is -0.367. The van der Waals surface area contributed by atoms with Gasteiger partial charge in [-0.15, -0.1) is 0 Å². The van der Waals surface area contributed by atoms with Crippen molar-refractivity contribution in [3.63, 3.8) is 0 Å². The molecule has 4 nitrogen and oxygen atoms in total. The van der Waals surface area contributed by atoms with Crippen molar-refractivity contribution in [2.45, 2.75) is 6.61 Å². The maximum atomic E-state index is 13.8. The molecule has 0 bridgehead atoms. The number of hydrogen-bond donors (Lipinski definition) is 1. The molecule has 1 aliphatic heterocycles. The highest BCUT2D eigenvalue weighted by Gasteiger charge is 2.24. The smallest absolute Gasteiger partial charge is 0.264 e. The number of para-hydroxylation sites is 1. The minimum Gasteiger partial charge on any atom is -0.486 e. The summed E-state index contributed by atoms with van der Waals surface area (Å²) in [6.07, 6.45) is 1.67. The van der Waals surface area contributed by atoms with Crippen LogP contribution in [-0.2, 0) is 11.4 Å². The number of halogens is 3. The first-order valence-corrected chi connectivity index (χ1v) is 10.8. The van der Waals surface area contributed by atoms with Crippen molar-refractivity contribution in [1.82, 2.24) is 5.32 Å². The van der Waals surface area contributed by atoms with Crippen LogP contribution in [0.25, 0.3) is 6.08 Å². The van der Waals surface area contributed by atoms with Crippen LogP contribution in [0.5, 0.6) is 5.75 Å². The van der Waals surface area contributed by atoms with Crippen LogP contribution in [0.3, 0.4) is 0 Å². The molecule has 0 aliphatic carbocycles. The molecule has 3 aromatic carbocycles. The average Bonchev–Trinajstić information content (AvgIpc) is 3.08. The number of carbonyl (C=O) groups excluding carboxylic acids is 1. The highest BCUT2D eigenvalue weighted by atomic mass is 35.5. The van der Waals surface area contributed by atoms with Gasteiger partial charge in [0.25, 0.3) is 5.91 Å². The van der Waals surface area contributed by atoms with Crippen LogP contribution < -0.4 is 10.1 Å². The third kappa shape index (κ3) is 5.28. The van der Waals surface area contributed by atoms with Crippen LogP contribution in [0.15, 0.2) is 76.6 Å². The van der Waals surface area contributed by atoms with Gasteiger partial charge in [-0.05, 0) is 53.7 Å². The second kappa shape index (κ2) is 9.56. The summed E-state index contributed by atoms with van der Waals surface area (Å²) in [6.45, 7) is -0.00980. The third-order valence-electron chi connectivity index (χ3n) is 4.29. The predicted octanol–water partition coefficient (Wildman–Crippen LogP) is 6.60. The molecular formula is C23H15Cl2FN2O2S. The van der Waals surface area contributed by atoms with Crippen LogP contribution in [-0.4, -0.2) is 11.1 Å². The van der Waals surface area contributed by atoms with E-state index < -0.39 is 0 Å². The van der Waals surface area contributed by atoms with Crippen LogP contribution in [0, 0.1) is 5.82 Å². The van der Waals surface area contributed by atoms with Gasteiger partial charge in [0, 0.05) is 5.56 Å². The van der Waals surface area contributed by atoms with Gasteiger partial charge in [-0.1, -0.05) is 59.6 Å². The Kier molecular flexibility index (Phi) is 6.61. The van der Waals surface area contributed by atoms with Crippen molar-refractivity contribution >= 4 is 57.8 Å². The standard InChI is InChI=1S/C23H15Cl2FN2O2S/c24-17-10-14(11-18(25)21(17)30-13-15-6-4-5-9-19(15)26)12-20-22(29)28-23(31-20)27-16-7-2-1-3-8-16/h1-12H,13H2,(H,27,28,29)/b20-12-. The molecule has 4 rings (SSSR count). The molecule has 0 unspecified atom stereocenters. The maximum Gasteiger partial charge on any atom is 0.264 e. The predicted molar refractivity (Wildman–Crippen MR) is 124 cm³/mol.